The van der Waals surface area contributed by atoms with Crippen molar-refractivity contribution in [2.45, 2.75) is 13.3 Å². The van der Waals surface area contributed by atoms with Crippen LogP contribution in [0.3, 0.4) is 0 Å². The average molecular weight is 417 g/mol. The van der Waals surface area contributed by atoms with Crippen LogP contribution in [0.2, 0.25) is 0 Å². The number of allylic oxidation sites excluding steroid dienone is 2. The van der Waals surface area contributed by atoms with Crippen LogP contribution in [0.4, 0.5) is 17.1 Å². The monoisotopic (exact) mass is 417 g/mol. The van der Waals surface area contributed by atoms with Crippen molar-refractivity contribution in [3.63, 3.8) is 0 Å². The fraction of sp³-hybridized carbons (Fsp3) is 0.261. The largest absolute Gasteiger partial charge is 0.321 e. The molecule has 2 aromatic carbocycles. The number of rotatable bonds is 4. The Balaban J connectivity index is 1.35. The van der Waals surface area contributed by atoms with Gasteiger partial charge in [0.15, 0.2) is 0 Å². The molecule has 2 bridgehead atoms. The lowest BCUT2D eigenvalue weighted by molar-refractivity contribution is -0.384. The van der Waals surface area contributed by atoms with E-state index in [1.165, 1.54) is 17.0 Å². The number of nitrogens with one attached hydrogen (secondary N) is 1. The quantitative estimate of drug-likeness (QED) is 0.355. The van der Waals surface area contributed by atoms with Crippen LogP contribution < -0.4 is 10.2 Å². The number of benzene rings is 2. The van der Waals surface area contributed by atoms with E-state index in [-0.39, 0.29) is 41.2 Å². The van der Waals surface area contributed by atoms with E-state index in [1.807, 2.05) is 12.2 Å². The van der Waals surface area contributed by atoms with Gasteiger partial charge in [-0.05, 0) is 55.0 Å². The van der Waals surface area contributed by atoms with Gasteiger partial charge in [-0.25, -0.2) is 0 Å². The van der Waals surface area contributed by atoms with Gasteiger partial charge in [-0.1, -0.05) is 18.2 Å². The molecule has 31 heavy (non-hydrogen) atoms. The van der Waals surface area contributed by atoms with Crippen molar-refractivity contribution in [1.82, 2.24) is 0 Å². The van der Waals surface area contributed by atoms with Crippen LogP contribution in [0.25, 0.3) is 0 Å². The number of carbonyl (C=O) groups is 3. The molecule has 1 N–H and O–H groups in total. The van der Waals surface area contributed by atoms with Gasteiger partial charge in [0.2, 0.25) is 11.8 Å². The number of hydrogen-bond donors (Lipinski definition) is 1. The maximum atomic E-state index is 12.9. The molecule has 1 saturated heterocycles. The Bertz CT molecular complexity index is 1140. The Morgan fingerprint density at radius 3 is 2.23 bits per heavy atom. The molecule has 1 aliphatic heterocycles. The van der Waals surface area contributed by atoms with Gasteiger partial charge in [-0.2, -0.15) is 0 Å². The van der Waals surface area contributed by atoms with Crippen molar-refractivity contribution in [3.8, 4) is 0 Å². The van der Waals surface area contributed by atoms with E-state index >= 15 is 0 Å². The molecule has 1 saturated carbocycles. The number of non-ortho nitro benzene ring substituents is 1. The van der Waals surface area contributed by atoms with E-state index in [9.17, 15) is 24.5 Å². The maximum Gasteiger partial charge on any atom is 0.271 e. The predicted molar refractivity (Wildman–Crippen MR) is 112 cm³/mol. The summed E-state index contributed by atoms with van der Waals surface area (Å²) in [6.07, 6.45) is 4.96. The third-order valence-electron chi connectivity index (χ3n) is 6.54. The van der Waals surface area contributed by atoms with Crippen molar-refractivity contribution in [2.24, 2.45) is 23.7 Å². The second-order valence-corrected chi connectivity index (χ2v) is 8.27. The number of hydrogen-bond acceptors (Lipinski definition) is 5. The first-order chi connectivity index (χ1) is 14.8. The molecule has 0 radical (unpaired) electrons. The molecule has 0 aromatic heterocycles. The number of aryl methyl sites for hydroxylation is 1. The number of nitrogens with zero attached hydrogens (tertiary/aromatic N) is 2. The number of nitro groups is 1. The summed E-state index contributed by atoms with van der Waals surface area (Å²) in [7, 11) is 0. The molecule has 2 fully saturated rings. The van der Waals surface area contributed by atoms with Gasteiger partial charge < -0.3 is 5.32 Å². The third-order valence-corrected chi connectivity index (χ3v) is 6.54. The van der Waals surface area contributed by atoms with Crippen molar-refractivity contribution < 1.29 is 19.3 Å². The van der Waals surface area contributed by atoms with Gasteiger partial charge in [-0.15, -0.1) is 0 Å². The zero-order valence-electron chi connectivity index (χ0n) is 16.6. The minimum Gasteiger partial charge on any atom is -0.321 e. The van der Waals surface area contributed by atoms with Crippen LogP contribution >= 0.6 is 0 Å². The summed E-state index contributed by atoms with van der Waals surface area (Å²) >= 11 is 0. The van der Waals surface area contributed by atoms with Crippen LogP contribution in [0, 0.1) is 40.7 Å². The van der Waals surface area contributed by atoms with Gasteiger partial charge in [0.05, 0.1) is 28.1 Å². The normalized spacial score (nSPS) is 25.8. The molecule has 1 heterocycles. The second kappa shape index (κ2) is 6.87. The van der Waals surface area contributed by atoms with Crippen LogP contribution in [0.1, 0.15) is 22.3 Å². The molecule has 3 amide bonds. The number of imide groups is 1. The lowest BCUT2D eigenvalue weighted by Crippen LogP contribution is -2.32. The summed E-state index contributed by atoms with van der Waals surface area (Å²) in [5.74, 6) is -1.05. The molecule has 4 atom stereocenters. The van der Waals surface area contributed by atoms with E-state index in [1.54, 1.807) is 37.3 Å². The molecule has 8 heteroatoms. The van der Waals surface area contributed by atoms with Crippen molar-refractivity contribution in [2.75, 3.05) is 10.2 Å². The topological polar surface area (TPSA) is 110 Å². The average Bonchev–Trinajstić information content (AvgIpc) is 3.43. The molecular weight excluding hydrogens is 398 g/mol. The SMILES string of the molecule is Cc1ccc([N+](=O)[O-])cc1NC(=O)c1ccc(N2C(=O)C3C4C=CC(C4)C3C2=O)cc1. The lowest BCUT2D eigenvalue weighted by Gasteiger charge is -2.17. The Hall–Kier alpha value is -3.81. The molecule has 5 rings (SSSR count). The standard InChI is InChI=1S/C23H19N3O5/c1-12-2-7-17(26(30)31)11-18(12)24-21(27)13-5-8-16(9-6-13)25-22(28)19-14-3-4-15(10-14)20(19)23(25)29/h2-9,11,14-15,19-20H,10H2,1H3,(H,24,27). The highest BCUT2D eigenvalue weighted by molar-refractivity contribution is 6.23. The van der Waals surface area contributed by atoms with E-state index in [2.05, 4.69) is 5.32 Å². The molecule has 2 aromatic rings. The van der Waals surface area contributed by atoms with Gasteiger partial charge >= 0.3 is 0 Å². The number of nitro benzene ring substituents is 1. The molecule has 3 aliphatic rings. The van der Waals surface area contributed by atoms with Gasteiger partial charge in [0.1, 0.15) is 0 Å². The van der Waals surface area contributed by atoms with E-state index < -0.39 is 10.8 Å². The van der Waals surface area contributed by atoms with E-state index in [4.69, 9.17) is 0 Å². The molecular formula is C23H19N3O5. The summed E-state index contributed by atoms with van der Waals surface area (Å²) < 4.78 is 0. The Morgan fingerprint density at radius 1 is 1.03 bits per heavy atom. The third kappa shape index (κ3) is 2.94. The fourth-order valence-electron chi connectivity index (χ4n) is 4.97. The first kappa shape index (κ1) is 19.2. The van der Waals surface area contributed by atoms with Crippen LogP contribution in [0.15, 0.2) is 54.6 Å². The first-order valence-corrected chi connectivity index (χ1v) is 10.1. The van der Waals surface area contributed by atoms with Crippen LogP contribution in [0.5, 0.6) is 0 Å². The number of fused-ring (bicyclic) bond motifs is 5. The van der Waals surface area contributed by atoms with Crippen LogP contribution in [-0.2, 0) is 9.59 Å². The Labute approximate surface area is 177 Å². The molecule has 4 unspecified atom stereocenters. The maximum absolute atomic E-state index is 12.9. The smallest absolute Gasteiger partial charge is 0.271 e. The van der Waals surface area contributed by atoms with Crippen LogP contribution in [-0.4, -0.2) is 22.6 Å². The van der Waals surface area contributed by atoms with E-state index in [0.717, 1.165) is 6.42 Å². The predicted octanol–water partition coefficient (Wildman–Crippen LogP) is 3.47. The lowest BCUT2D eigenvalue weighted by atomic mass is 9.85. The minimum atomic E-state index is -0.523. The summed E-state index contributed by atoms with van der Waals surface area (Å²) in [5, 5.41) is 13.7. The summed E-state index contributed by atoms with van der Waals surface area (Å²) in [6, 6.07) is 10.5. The zero-order valence-corrected chi connectivity index (χ0v) is 16.6. The van der Waals surface area contributed by atoms with Gasteiger partial charge in [0, 0.05) is 17.7 Å². The molecule has 8 nitrogen and oxygen atoms in total. The highest BCUT2D eigenvalue weighted by Gasteiger charge is 2.59. The van der Waals surface area contributed by atoms with Crippen molar-refractivity contribution in [1.29, 1.82) is 0 Å². The van der Waals surface area contributed by atoms with Crippen molar-refractivity contribution in [3.05, 3.63) is 75.9 Å². The zero-order chi connectivity index (χ0) is 21.9. The number of amides is 3. The molecule has 2 aliphatic carbocycles. The van der Waals surface area contributed by atoms with Crippen molar-refractivity contribution >= 4 is 34.8 Å². The highest BCUT2D eigenvalue weighted by Crippen LogP contribution is 2.53. The Kier molecular flexibility index (Phi) is 4.25. The van der Waals surface area contributed by atoms with Gasteiger partial charge in [-0.3, -0.25) is 29.4 Å². The Morgan fingerprint density at radius 2 is 1.65 bits per heavy atom. The number of anilines is 2. The van der Waals surface area contributed by atoms with Gasteiger partial charge in [0.25, 0.3) is 11.6 Å². The highest BCUT2D eigenvalue weighted by atomic mass is 16.6. The fourth-order valence-corrected chi connectivity index (χ4v) is 4.97. The van der Waals surface area contributed by atoms with E-state index in [0.29, 0.717) is 22.5 Å². The second-order valence-electron chi connectivity index (χ2n) is 8.27. The summed E-state index contributed by atoms with van der Waals surface area (Å²) in [6.45, 7) is 1.74. The molecule has 156 valence electrons. The summed E-state index contributed by atoms with van der Waals surface area (Å²) in [4.78, 5) is 50.1. The first-order valence-electron chi connectivity index (χ1n) is 10.1. The molecule has 0 spiro atoms. The summed E-state index contributed by atoms with van der Waals surface area (Å²) in [5.41, 5.74) is 1.70. The number of carbonyl (C=O) groups excluding carboxylic acids is 3. The minimum absolute atomic E-state index is 0.115.